The molecule has 0 heterocycles. The minimum Gasteiger partial charge on any atom is -0.444 e. The van der Waals surface area contributed by atoms with Crippen molar-refractivity contribution in [1.29, 1.82) is 0 Å². The predicted octanol–water partition coefficient (Wildman–Crippen LogP) is 3.06. The minimum atomic E-state index is -5.81. The van der Waals surface area contributed by atoms with E-state index >= 15 is 0 Å². The molecule has 0 aliphatic carbocycles. The maximum absolute atomic E-state index is 12.9. The number of alkyl halides is 5. The molecule has 0 fully saturated rings. The average Bonchev–Trinajstić information content (AvgIpc) is 2.10. The van der Waals surface area contributed by atoms with Crippen molar-refractivity contribution in [3.05, 3.63) is 0 Å². The first-order valence-corrected chi connectivity index (χ1v) is 5.54. The van der Waals surface area contributed by atoms with Crippen LogP contribution in [0.25, 0.3) is 0 Å². The maximum Gasteiger partial charge on any atom is 0.453 e. The number of amides is 1. The highest BCUT2D eigenvalue weighted by atomic mass is 19.4. The summed E-state index contributed by atoms with van der Waals surface area (Å²) in [4.78, 5) is 22.1. The first-order valence-electron chi connectivity index (χ1n) is 5.54. The summed E-state index contributed by atoms with van der Waals surface area (Å²) in [5.41, 5.74) is -3.39. The zero-order chi connectivity index (χ0) is 16.4. The van der Waals surface area contributed by atoms with E-state index in [-0.39, 0.29) is 6.29 Å². The standard InChI is InChI=1S/C11H16F5NO3/c1-8(2,3)20-7(19)17-9(4,6-18)5-10(12,13)11(14,15)16/h6H,5H2,1-4H3,(H,17,19). The van der Waals surface area contributed by atoms with Gasteiger partial charge in [-0.1, -0.05) is 0 Å². The Bertz CT molecular complexity index is 375. The molecule has 0 aliphatic heterocycles. The Labute approximate surface area is 112 Å². The first-order chi connectivity index (χ1) is 8.62. The van der Waals surface area contributed by atoms with Gasteiger partial charge in [0.1, 0.15) is 17.4 Å². The van der Waals surface area contributed by atoms with Gasteiger partial charge >= 0.3 is 18.2 Å². The Morgan fingerprint density at radius 3 is 1.85 bits per heavy atom. The minimum absolute atomic E-state index is 0.184. The molecular formula is C11H16F5NO3. The SMILES string of the molecule is CC(C=O)(CC(F)(F)C(F)(F)F)NC(=O)OC(C)(C)C. The fraction of sp³-hybridized carbons (Fsp3) is 0.818. The van der Waals surface area contributed by atoms with E-state index in [1.54, 1.807) is 5.32 Å². The summed E-state index contributed by atoms with van der Waals surface area (Å²) in [6, 6.07) is 0. The van der Waals surface area contributed by atoms with Gasteiger partial charge in [-0.15, -0.1) is 0 Å². The van der Waals surface area contributed by atoms with Crippen LogP contribution < -0.4 is 5.32 Å². The van der Waals surface area contributed by atoms with E-state index in [9.17, 15) is 31.5 Å². The van der Waals surface area contributed by atoms with Crippen molar-refractivity contribution < 1.29 is 36.3 Å². The number of carbonyl (C=O) groups is 2. The first kappa shape index (κ1) is 18.6. The Kier molecular flexibility index (Phi) is 5.14. The predicted molar refractivity (Wildman–Crippen MR) is 59.5 cm³/mol. The van der Waals surface area contributed by atoms with Gasteiger partial charge in [-0.05, 0) is 27.7 Å². The molecule has 0 aromatic rings. The van der Waals surface area contributed by atoms with Crippen LogP contribution in [0.4, 0.5) is 26.7 Å². The van der Waals surface area contributed by atoms with Gasteiger partial charge in [0.15, 0.2) is 0 Å². The lowest BCUT2D eigenvalue weighted by molar-refractivity contribution is -0.287. The second kappa shape index (κ2) is 5.53. The van der Waals surface area contributed by atoms with Gasteiger partial charge in [-0.3, -0.25) is 0 Å². The molecule has 1 N–H and O–H groups in total. The average molecular weight is 305 g/mol. The van der Waals surface area contributed by atoms with E-state index in [0.29, 0.717) is 0 Å². The van der Waals surface area contributed by atoms with Gasteiger partial charge in [-0.2, -0.15) is 22.0 Å². The number of carbonyl (C=O) groups excluding carboxylic acids is 2. The third kappa shape index (κ3) is 5.70. The zero-order valence-corrected chi connectivity index (χ0v) is 11.4. The molecule has 0 aromatic heterocycles. The van der Waals surface area contributed by atoms with Gasteiger partial charge in [0.05, 0.1) is 6.42 Å². The molecule has 118 valence electrons. The molecular weight excluding hydrogens is 289 g/mol. The van der Waals surface area contributed by atoms with Crippen LogP contribution in [0.2, 0.25) is 0 Å². The van der Waals surface area contributed by atoms with Crippen LogP contribution in [0.5, 0.6) is 0 Å². The molecule has 4 nitrogen and oxygen atoms in total. The summed E-state index contributed by atoms with van der Waals surface area (Å²) in [5, 5.41) is 1.72. The molecule has 1 amide bonds. The maximum atomic E-state index is 12.9. The molecule has 1 unspecified atom stereocenters. The summed E-state index contributed by atoms with van der Waals surface area (Å²) >= 11 is 0. The molecule has 0 bridgehead atoms. The lowest BCUT2D eigenvalue weighted by Gasteiger charge is -2.31. The topological polar surface area (TPSA) is 55.4 Å². The van der Waals surface area contributed by atoms with E-state index in [1.165, 1.54) is 20.8 Å². The molecule has 0 spiro atoms. The summed E-state index contributed by atoms with van der Waals surface area (Å²) < 4.78 is 66.8. The number of halogens is 5. The quantitative estimate of drug-likeness (QED) is 0.641. The number of ether oxygens (including phenoxy) is 1. The van der Waals surface area contributed by atoms with Gasteiger partial charge in [0.2, 0.25) is 0 Å². The Morgan fingerprint density at radius 2 is 1.55 bits per heavy atom. The molecule has 0 saturated heterocycles. The van der Waals surface area contributed by atoms with Crippen molar-refractivity contribution in [3.63, 3.8) is 0 Å². The highest BCUT2D eigenvalue weighted by Gasteiger charge is 2.60. The van der Waals surface area contributed by atoms with Crippen LogP contribution in [0.1, 0.15) is 34.1 Å². The van der Waals surface area contributed by atoms with Gasteiger partial charge in [-0.25, -0.2) is 4.79 Å². The Hall–Kier alpha value is -1.41. The van der Waals surface area contributed by atoms with Crippen molar-refractivity contribution in [3.8, 4) is 0 Å². The van der Waals surface area contributed by atoms with E-state index in [2.05, 4.69) is 0 Å². The number of rotatable bonds is 4. The molecule has 9 heteroatoms. The fourth-order valence-electron chi connectivity index (χ4n) is 1.21. The molecule has 1 atom stereocenters. The van der Waals surface area contributed by atoms with E-state index < -0.39 is 35.8 Å². The highest BCUT2D eigenvalue weighted by Crippen LogP contribution is 2.40. The van der Waals surface area contributed by atoms with Crippen molar-refractivity contribution >= 4 is 12.4 Å². The van der Waals surface area contributed by atoms with Crippen LogP contribution in [0.3, 0.4) is 0 Å². The molecule has 0 aromatic carbocycles. The Balaban J connectivity index is 4.97. The van der Waals surface area contributed by atoms with E-state index in [4.69, 9.17) is 4.74 Å². The Morgan fingerprint density at radius 1 is 1.10 bits per heavy atom. The number of hydrogen-bond acceptors (Lipinski definition) is 3. The van der Waals surface area contributed by atoms with Crippen LogP contribution in [0.15, 0.2) is 0 Å². The largest absolute Gasteiger partial charge is 0.453 e. The monoisotopic (exact) mass is 305 g/mol. The second-order valence-corrected chi connectivity index (χ2v) is 5.54. The molecule has 0 saturated carbocycles. The van der Waals surface area contributed by atoms with Crippen molar-refractivity contribution in [1.82, 2.24) is 5.32 Å². The summed E-state index contributed by atoms with van der Waals surface area (Å²) in [6.07, 6.45) is -9.17. The number of alkyl carbamates (subject to hydrolysis) is 1. The molecule has 0 rings (SSSR count). The highest BCUT2D eigenvalue weighted by molar-refractivity contribution is 5.76. The van der Waals surface area contributed by atoms with Crippen LogP contribution in [-0.2, 0) is 9.53 Å². The van der Waals surface area contributed by atoms with Crippen LogP contribution in [0, 0.1) is 0 Å². The smallest absolute Gasteiger partial charge is 0.444 e. The molecule has 0 radical (unpaired) electrons. The van der Waals surface area contributed by atoms with Crippen molar-refractivity contribution in [2.24, 2.45) is 0 Å². The third-order valence-corrected chi connectivity index (χ3v) is 2.05. The fourth-order valence-corrected chi connectivity index (χ4v) is 1.21. The van der Waals surface area contributed by atoms with Crippen molar-refractivity contribution in [2.75, 3.05) is 0 Å². The second-order valence-electron chi connectivity index (χ2n) is 5.54. The molecule has 20 heavy (non-hydrogen) atoms. The number of hydrogen-bond donors (Lipinski definition) is 1. The summed E-state index contributed by atoms with van der Waals surface area (Å²) in [7, 11) is 0. The van der Waals surface area contributed by atoms with Crippen LogP contribution >= 0.6 is 0 Å². The summed E-state index contributed by atoms with van der Waals surface area (Å²) in [5.74, 6) is -5.11. The third-order valence-electron chi connectivity index (χ3n) is 2.05. The zero-order valence-electron chi connectivity index (χ0n) is 11.4. The normalized spacial score (nSPS) is 16.2. The lowest BCUT2D eigenvalue weighted by atomic mass is 9.95. The van der Waals surface area contributed by atoms with Gasteiger partial charge in [0.25, 0.3) is 0 Å². The van der Waals surface area contributed by atoms with Gasteiger partial charge in [0, 0.05) is 0 Å². The lowest BCUT2D eigenvalue weighted by Crippen LogP contribution is -2.54. The van der Waals surface area contributed by atoms with Gasteiger partial charge < -0.3 is 14.8 Å². The van der Waals surface area contributed by atoms with E-state index in [1.807, 2.05) is 0 Å². The van der Waals surface area contributed by atoms with Crippen molar-refractivity contribution in [2.45, 2.75) is 57.4 Å². The summed E-state index contributed by atoms with van der Waals surface area (Å²) in [6.45, 7) is 5.16. The van der Waals surface area contributed by atoms with E-state index in [0.717, 1.165) is 6.92 Å². The number of aldehydes is 1. The number of nitrogens with one attached hydrogen (secondary N) is 1. The van der Waals surface area contributed by atoms with Crippen LogP contribution in [-0.4, -0.2) is 35.6 Å². The molecule has 0 aliphatic rings.